The molecule has 100 valence electrons. The molecule has 0 unspecified atom stereocenters. The van der Waals surface area contributed by atoms with Crippen molar-refractivity contribution in [2.24, 2.45) is 0 Å². The summed E-state index contributed by atoms with van der Waals surface area (Å²) >= 11 is 3.44. The lowest BCUT2D eigenvalue weighted by Crippen LogP contribution is -2.09. The summed E-state index contributed by atoms with van der Waals surface area (Å²) in [5.74, 6) is -0.925. The molecule has 1 N–H and O–H groups in total. The smallest absolute Gasteiger partial charge is 0.352 e. The van der Waals surface area contributed by atoms with Crippen LogP contribution < -0.4 is 0 Å². The second-order valence-corrected chi connectivity index (χ2v) is 5.30. The molecule has 0 aliphatic carbocycles. The van der Waals surface area contributed by atoms with Gasteiger partial charge >= 0.3 is 5.97 Å². The van der Waals surface area contributed by atoms with Gasteiger partial charge in [-0.05, 0) is 39.7 Å². The summed E-state index contributed by atoms with van der Waals surface area (Å²) < 4.78 is 2.67. The first-order valence-corrected chi connectivity index (χ1v) is 6.86. The van der Waals surface area contributed by atoms with Crippen LogP contribution in [0.5, 0.6) is 0 Å². The number of nitrogens with zero attached hydrogens (tertiary/aromatic N) is 2. The molecule has 3 rings (SSSR count). The van der Waals surface area contributed by atoms with Gasteiger partial charge < -0.3 is 9.67 Å². The standard InChI is InChI=1S/C15H11BrN2O2/c16-12-8-17-6-5-11(12)9-18-13-4-2-1-3-10(13)7-14(18)15(19)20/h1-8H,9H2,(H,19,20). The van der Waals surface area contributed by atoms with Crippen LogP contribution in [0.2, 0.25) is 0 Å². The predicted molar refractivity (Wildman–Crippen MR) is 79.9 cm³/mol. The van der Waals surface area contributed by atoms with E-state index >= 15 is 0 Å². The first kappa shape index (κ1) is 12.9. The van der Waals surface area contributed by atoms with Crippen LogP contribution in [0, 0.1) is 0 Å². The molecule has 0 spiro atoms. The SMILES string of the molecule is O=C(O)c1cc2ccccc2n1Cc1ccncc1Br. The minimum atomic E-state index is -0.925. The summed E-state index contributed by atoms with van der Waals surface area (Å²) in [6.45, 7) is 0.484. The Morgan fingerprint density at radius 1 is 1.30 bits per heavy atom. The van der Waals surface area contributed by atoms with E-state index in [4.69, 9.17) is 0 Å². The number of rotatable bonds is 3. The fourth-order valence-corrected chi connectivity index (χ4v) is 2.64. The Hall–Kier alpha value is -2.14. The molecule has 20 heavy (non-hydrogen) atoms. The molecule has 2 aromatic heterocycles. The highest BCUT2D eigenvalue weighted by Gasteiger charge is 2.15. The maximum atomic E-state index is 11.4. The van der Waals surface area contributed by atoms with Crippen molar-refractivity contribution in [2.75, 3.05) is 0 Å². The van der Waals surface area contributed by atoms with Gasteiger partial charge in [0.2, 0.25) is 0 Å². The largest absolute Gasteiger partial charge is 0.477 e. The molecule has 3 aromatic rings. The molecule has 0 aliphatic heterocycles. The van der Waals surface area contributed by atoms with Crippen LogP contribution in [0.4, 0.5) is 0 Å². The van der Waals surface area contributed by atoms with E-state index in [2.05, 4.69) is 20.9 Å². The number of carbonyl (C=O) groups is 1. The Kier molecular flexibility index (Phi) is 3.28. The Morgan fingerprint density at radius 3 is 2.85 bits per heavy atom. The van der Waals surface area contributed by atoms with Crippen molar-refractivity contribution in [1.82, 2.24) is 9.55 Å². The lowest BCUT2D eigenvalue weighted by Gasteiger charge is -2.09. The van der Waals surface area contributed by atoms with E-state index in [-0.39, 0.29) is 5.69 Å². The number of carboxylic acid groups (broad SMARTS) is 1. The predicted octanol–water partition coefficient (Wildman–Crippen LogP) is 3.55. The van der Waals surface area contributed by atoms with Crippen LogP contribution in [0.15, 0.2) is 53.3 Å². The topological polar surface area (TPSA) is 55.1 Å². The van der Waals surface area contributed by atoms with E-state index in [0.717, 1.165) is 20.9 Å². The zero-order chi connectivity index (χ0) is 14.1. The minimum absolute atomic E-state index is 0.287. The zero-order valence-corrected chi connectivity index (χ0v) is 12.0. The van der Waals surface area contributed by atoms with E-state index in [1.807, 2.05) is 30.3 Å². The summed E-state index contributed by atoms with van der Waals surface area (Å²) in [5, 5.41) is 10.3. The van der Waals surface area contributed by atoms with Crippen LogP contribution in [-0.2, 0) is 6.54 Å². The fraction of sp³-hybridized carbons (Fsp3) is 0.0667. The first-order valence-electron chi connectivity index (χ1n) is 6.07. The van der Waals surface area contributed by atoms with E-state index in [9.17, 15) is 9.90 Å². The number of hydrogen-bond donors (Lipinski definition) is 1. The van der Waals surface area contributed by atoms with E-state index in [1.54, 1.807) is 23.0 Å². The number of pyridine rings is 1. The second kappa shape index (κ2) is 5.09. The van der Waals surface area contributed by atoms with Crippen molar-refractivity contribution >= 4 is 32.8 Å². The number of para-hydroxylation sites is 1. The van der Waals surface area contributed by atoms with Gasteiger partial charge in [0.25, 0.3) is 0 Å². The molecule has 5 heteroatoms. The van der Waals surface area contributed by atoms with E-state index in [0.29, 0.717) is 6.54 Å². The molecule has 1 aromatic carbocycles. The van der Waals surface area contributed by atoms with Crippen molar-refractivity contribution in [3.8, 4) is 0 Å². The third kappa shape index (κ3) is 2.20. The lowest BCUT2D eigenvalue weighted by atomic mass is 10.2. The molecule has 0 radical (unpaired) electrons. The number of aromatic carboxylic acids is 1. The van der Waals surface area contributed by atoms with Crippen molar-refractivity contribution < 1.29 is 9.90 Å². The quantitative estimate of drug-likeness (QED) is 0.799. The highest BCUT2D eigenvalue weighted by molar-refractivity contribution is 9.10. The maximum absolute atomic E-state index is 11.4. The van der Waals surface area contributed by atoms with Crippen LogP contribution in [0.1, 0.15) is 16.1 Å². The Balaban J connectivity index is 2.17. The monoisotopic (exact) mass is 330 g/mol. The molecule has 0 bridgehead atoms. The normalized spacial score (nSPS) is 10.8. The molecule has 0 saturated carbocycles. The van der Waals surface area contributed by atoms with Gasteiger partial charge in [-0.3, -0.25) is 4.98 Å². The van der Waals surface area contributed by atoms with Crippen molar-refractivity contribution in [3.05, 3.63) is 64.5 Å². The van der Waals surface area contributed by atoms with E-state index in [1.165, 1.54) is 0 Å². The van der Waals surface area contributed by atoms with Gasteiger partial charge in [-0.15, -0.1) is 0 Å². The average Bonchev–Trinajstić information content (AvgIpc) is 2.81. The summed E-state index contributed by atoms with van der Waals surface area (Å²) in [4.78, 5) is 15.4. The molecule has 2 heterocycles. The van der Waals surface area contributed by atoms with Crippen LogP contribution >= 0.6 is 15.9 Å². The number of halogens is 1. The molecule has 0 saturated heterocycles. The Labute approximate surface area is 123 Å². The molecule has 0 amide bonds. The Bertz CT molecular complexity index is 795. The van der Waals surface area contributed by atoms with Crippen LogP contribution in [-0.4, -0.2) is 20.6 Å². The third-order valence-corrected chi connectivity index (χ3v) is 3.93. The lowest BCUT2D eigenvalue weighted by molar-refractivity contribution is 0.0686. The number of benzene rings is 1. The van der Waals surface area contributed by atoms with Crippen LogP contribution in [0.25, 0.3) is 10.9 Å². The summed E-state index contributed by atoms with van der Waals surface area (Å²) in [6.07, 6.45) is 3.41. The number of fused-ring (bicyclic) bond motifs is 1. The zero-order valence-electron chi connectivity index (χ0n) is 10.5. The van der Waals surface area contributed by atoms with E-state index < -0.39 is 5.97 Å². The molecule has 4 nitrogen and oxygen atoms in total. The molecular weight excluding hydrogens is 320 g/mol. The molecular formula is C15H11BrN2O2. The highest BCUT2D eigenvalue weighted by atomic mass is 79.9. The van der Waals surface area contributed by atoms with Gasteiger partial charge in [0, 0.05) is 34.3 Å². The summed E-state index contributed by atoms with van der Waals surface area (Å²) in [5.41, 5.74) is 2.19. The van der Waals surface area contributed by atoms with Gasteiger partial charge in [0.05, 0.1) is 0 Å². The van der Waals surface area contributed by atoms with Gasteiger partial charge in [-0.2, -0.15) is 0 Å². The van der Waals surface area contributed by atoms with Crippen LogP contribution in [0.3, 0.4) is 0 Å². The van der Waals surface area contributed by atoms with Gasteiger partial charge in [0.15, 0.2) is 0 Å². The van der Waals surface area contributed by atoms with Crippen molar-refractivity contribution in [2.45, 2.75) is 6.54 Å². The molecule has 0 atom stereocenters. The maximum Gasteiger partial charge on any atom is 0.352 e. The minimum Gasteiger partial charge on any atom is -0.477 e. The van der Waals surface area contributed by atoms with Gasteiger partial charge in [0.1, 0.15) is 5.69 Å². The fourth-order valence-electron chi connectivity index (χ4n) is 2.26. The summed E-state index contributed by atoms with van der Waals surface area (Å²) in [6, 6.07) is 11.2. The Morgan fingerprint density at radius 2 is 2.10 bits per heavy atom. The second-order valence-electron chi connectivity index (χ2n) is 4.45. The highest BCUT2D eigenvalue weighted by Crippen LogP contribution is 2.23. The molecule has 0 fully saturated rings. The number of hydrogen-bond acceptors (Lipinski definition) is 2. The van der Waals surface area contributed by atoms with Crippen molar-refractivity contribution in [3.63, 3.8) is 0 Å². The van der Waals surface area contributed by atoms with Crippen molar-refractivity contribution in [1.29, 1.82) is 0 Å². The number of carboxylic acids is 1. The van der Waals surface area contributed by atoms with Gasteiger partial charge in [-0.1, -0.05) is 18.2 Å². The summed E-state index contributed by atoms with van der Waals surface area (Å²) in [7, 11) is 0. The third-order valence-electron chi connectivity index (χ3n) is 3.21. The average molecular weight is 331 g/mol. The molecule has 0 aliphatic rings. The van der Waals surface area contributed by atoms with Gasteiger partial charge in [-0.25, -0.2) is 4.79 Å². The first-order chi connectivity index (χ1) is 9.66. The number of aromatic nitrogens is 2.